The Morgan fingerprint density at radius 2 is 1.69 bits per heavy atom. The normalized spacial score (nSPS) is 28.7. The molecule has 7 heteroatoms. The monoisotopic (exact) mass is 495 g/mol. The number of hydrogen-bond donors (Lipinski definition) is 1. The zero-order valence-corrected chi connectivity index (χ0v) is 20.9. The van der Waals surface area contributed by atoms with Crippen molar-refractivity contribution in [3.8, 4) is 11.5 Å². The van der Waals surface area contributed by atoms with Crippen molar-refractivity contribution in [1.82, 2.24) is 15.1 Å². The Hall–Kier alpha value is -2.28. The number of nitrogens with one attached hydrogen (secondary N) is 1. The summed E-state index contributed by atoms with van der Waals surface area (Å²) in [5.41, 5.74) is 2.49. The number of amides is 1. The molecule has 35 heavy (non-hydrogen) atoms. The number of benzene rings is 2. The van der Waals surface area contributed by atoms with Gasteiger partial charge in [0.1, 0.15) is 13.2 Å². The molecule has 4 aliphatic heterocycles. The Kier molecular flexibility index (Phi) is 6.61. The van der Waals surface area contributed by atoms with Crippen LogP contribution in [-0.4, -0.2) is 73.7 Å². The van der Waals surface area contributed by atoms with Gasteiger partial charge in [-0.2, -0.15) is 0 Å². The van der Waals surface area contributed by atoms with E-state index in [-0.39, 0.29) is 17.9 Å². The van der Waals surface area contributed by atoms with Crippen LogP contribution in [0.5, 0.6) is 11.5 Å². The number of fused-ring (bicyclic) bond motifs is 2. The van der Waals surface area contributed by atoms with Crippen LogP contribution in [-0.2, 0) is 17.6 Å². The third-order valence-electron chi connectivity index (χ3n) is 8.21. The summed E-state index contributed by atoms with van der Waals surface area (Å²) in [5.74, 6) is 2.30. The smallest absolute Gasteiger partial charge is 0.225 e. The van der Waals surface area contributed by atoms with Crippen molar-refractivity contribution in [3.05, 3.63) is 58.6 Å². The van der Waals surface area contributed by atoms with Gasteiger partial charge in [-0.3, -0.25) is 9.69 Å². The first-order chi connectivity index (χ1) is 17.1. The SMILES string of the molecule is O=C1NC(Cc2ccc3c(c2)OCCO3)C(N2CCCC2)C2CN(CCc3ccc(Cl)cc3)CC12. The van der Waals surface area contributed by atoms with E-state index in [1.165, 1.54) is 24.0 Å². The first-order valence-corrected chi connectivity index (χ1v) is 13.4. The number of rotatable bonds is 6. The van der Waals surface area contributed by atoms with Crippen LogP contribution in [0.1, 0.15) is 24.0 Å². The van der Waals surface area contributed by atoms with Gasteiger partial charge in [0.05, 0.1) is 5.92 Å². The van der Waals surface area contributed by atoms with Crippen LogP contribution in [0.15, 0.2) is 42.5 Å². The highest BCUT2D eigenvalue weighted by molar-refractivity contribution is 6.30. The van der Waals surface area contributed by atoms with Crippen molar-refractivity contribution < 1.29 is 14.3 Å². The van der Waals surface area contributed by atoms with Crippen LogP contribution in [0, 0.1) is 11.8 Å². The second-order valence-electron chi connectivity index (χ2n) is 10.4. The van der Waals surface area contributed by atoms with Gasteiger partial charge in [0.2, 0.25) is 5.91 Å². The molecule has 0 aliphatic carbocycles. The van der Waals surface area contributed by atoms with E-state index in [0.29, 0.717) is 25.2 Å². The molecule has 1 N–H and O–H groups in total. The predicted molar refractivity (Wildman–Crippen MR) is 136 cm³/mol. The summed E-state index contributed by atoms with van der Waals surface area (Å²) in [6, 6.07) is 14.8. The second-order valence-corrected chi connectivity index (χ2v) is 10.9. The molecule has 6 nitrogen and oxygen atoms in total. The summed E-state index contributed by atoms with van der Waals surface area (Å²) < 4.78 is 11.5. The number of piperidine rings is 1. The van der Waals surface area contributed by atoms with Crippen molar-refractivity contribution in [2.45, 2.75) is 37.8 Å². The summed E-state index contributed by atoms with van der Waals surface area (Å²) in [6.07, 6.45) is 4.29. The highest BCUT2D eigenvalue weighted by Gasteiger charge is 2.50. The van der Waals surface area contributed by atoms with Gasteiger partial charge in [-0.05, 0) is 74.2 Å². The maximum atomic E-state index is 13.3. The van der Waals surface area contributed by atoms with Crippen LogP contribution >= 0.6 is 11.6 Å². The molecule has 0 radical (unpaired) electrons. The molecule has 1 amide bonds. The predicted octanol–water partition coefficient (Wildman–Crippen LogP) is 3.41. The lowest BCUT2D eigenvalue weighted by atomic mass is 9.78. The lowest BCUT2D eigenvalue weighted by Crippen LogP contribution is -2.63. The van der Waals surface area contributed by atoms with Gasteiger partial charge < -0.3 is 19.7 Å². The van der Waals surface area contributed by atoms with Gasteiger partial charge in [-0.1, -0.05) is 29.8 Å². The van der Waals surface area contributed by atoms with Crippen molar-refractivity contribution in [3.63, 3.8) is 0 Å². The van der Waals surface area contributed by atoms with Gasteiger partial charge in [0.15, 0.2) is 11.5 Å². The van der Waals surface area contributed by atoms with Crippen LogP contribution in [0.25, 0.3) is 0 Å². The van der Waals surface area contributed by atoms with E-state index in [1.54, 1.807) is 0 Å². The van der Waals surface area contributed by atoms with E-state index in [0.717, 1.165) is 62.1 Å². The second kappa shape index (κ2) is 10.00. The van der Waals surface area contributed by atoms with Gasteiger partial charge in [0, 0.05) is 42.7 Å². The first kappa shape index (κ1) is 23.1. The topological polar surface area (TPSA) is 54.0 Å². The number of likely N-dealkylation sites (tertiary alicyclic amines) is 2. The van der Waals surface area contributed by atoms with Crippen molar-refractivity contribution in [1.29, 1.82) is 0 Å². The molecule has 2 aromatic carbocycles. The molecule has 0 spiro atoms. The lowest BCUT2D eigenvalue weighted by Gasteiger charge is -2.44. The summed E-state index contributed by atoms with van der Waals surface area (Å²) in [6.45, 7) is 6.26. The molecule has 186 valence electrons. The Balaban J connectivity index is 1.19. The number of ether oxygens (including phenoxy) is 2. The zero-order chi connectivity index (χ0) is 23.8. The number of carbonyl (C=O) groups is 1. The third kappa shape index (κ3) is 4.89. The minimum atomic E-state index is 0.0716. The summed E-state index contributed by atoms with van der Waals surface area (Å²) in [5, 5.41) is 4.22. The Morgan fingerprint density at radius 3 is 2.49 bits per heavy atom. The number of nitrogens with zero attached hydrogens (tertiary/aromatic N) is 2. The molecule has 2 aromatic rings. The lowest BCUT2D eigenvalue weighted by molar-refractivity contribution is -0.131. The molecule has 3 fully saturated rings. The van der Waals surface area contributed by atoms with Crippen LogP contribution in [0.4, 0.5) is 0 Å². The minimum Gasteiger partial charge on any atom is -0.486 e. The van der Waals surface area contributed by atoms with E-state index in [2.05, 4.69) is 39.4 Å². The quantitative estimate of drug-likeness (QED) is 0.665. The number of hydrogen-bond acceptors (Lipinski definition) is 5. The average molecular weight is 496 g/mol. The first-order valence-electron chi connectivity index (χ1n) is 13.0. The molecule has 4 aliphatic rings. The van der Waals surface area contributed by atoms with Crippen LogP contribution < -0.4 is 14.8 Å². The Bertz CT molecular complexity index is 1060. The standard InChI is InChI=1S/C28H34ClN3O3/c29-21-6-3-19(4-7-21)9-12-31-17-22-23(18-31)28(33)30-24(27(22)32-10-1-2-11-32)15-20-5-8-25-26(16-20)35-14-13-34-25/h3-8,16,22-24,27H,1-2,9-15,17-18H2,(H,30,33). The maximum Gasteiger partial charge on any atom is 0.225 e. The molecule has 0 bridgehead atoms. The fourth-order valence-corrected chi connectivity index (χ4v) is 6.66. The summed E-state index contributed by atoms with van der Waals surface area (Å²) >= 11 is 6.05. The van der Waals surface area contributed by atoms with E-state index in [4.69, 9.17) is 21.1 Å². The van der Waals surface area contributed by atoms with Gasteiger partial charge >= 0.3 is 0 Å². The molecule has 6 rings (SSSR count). The molecule has 4 heterocycles. The molecular formula is C28H34ClN3O3. The van der Waals surface area contributed by atoms with E-state index < -0.39 is 0 Å². The minimum absolute atomic E-state index is 0.0716. The highest BCUT2D eigenvalue weighted by atomic mass is 35.5. The van der Waals surface area contributed by atoms with Crippen molar-refractivity contribution in [2.75, 3.05) is 45.9 Å². The molecule has 3 saturated heterocycles. The molecule has 4 atom stereocenters. The third-order valence-corrected chi connectivity index (χ3v) is 8.46. The van der Waals surface area contributed by atoms with Gasteiger partial charge in [-0.25, -0.2) is 0 Å². The Morgan fingerprint density at radius 1 is 0.943 bits per heavy atom. The Labute approximate surface area is 212 Å². The average Bonchev–Trinajstić information content (AvgIpc) is 3.55. The largest absolute Gasteiger partial charge is 0.486 e. The van der Waals surface area contributed by atoms with Crippen molar-refractivity contribution >= 4 is 17.5 Å². The fourth-order valence-electron chi connectivity index (χ4n) is 6.54. The number of carbonyl (C=O) groups excluding carboxylic acids is 1. The summed E-state index contributed by atoms with van der Waals surface area (Å²) in [7, 11) is 0. The molecule has 0 saturated carbocycles. The van der Waals surface area contributed by atoms with Crippen LogP contribution in [0.3, 0.4) is 0 Å². The van der Waals surface area contributed by atoms with E-state index in [1.807, 2.05) is 18.2 Å². The van der Waals surface area contributed by atoms with E-state index in [9.17, 15) is 4.79 Å². The fraction of sp³-hybridized carbons (Fsp3) is 0.536. The zero-order valence-electron chi connectivity index (χ0n) is 20.1. The number of halogens is 1. The maximum absolute atomic E-state index is 13.3. The molecule has 0 aromatic heterocycles. The van der Waals surface area contributed by atoms with Crippen molar-refractivity contribution in [2.24, 2.45) is 11.8 Å². The van der Waals surface area contributed by atoms with E-state index >= 15 is 0 Å². The van der Waals surface area contributed by atoms with Gasteiger partial charge in [-0.15, -0.1) is 0 Å². The van der Waals surface area contributed by atoms with Crippen LogP contribution in [0.2, 0.25) is 5.02 Å². The molecular weight excluding hydrogens is 462 g/mol. The summed E-state index contributed by atoms with van der Waals surface area (Å²) in [4.78, 5) is 18.5. The van der Waals surface area contributed by atoms with Gasteiger partial charge in [0.25, 0.3) is 0 Å². The highest BCUT2D eigenvalue weighted by Crippen LogP contribution is 2.38. The molecule has 4 unspecified atom stereocenters.